The summed E-state index contributed by atoms with van der Waals surface area (Å²) < 4.78 is 0. The van der Waals surface area contributed by atoms with Crippen molar-refractivity contribution < 1.29 is 24.4 Å². The number of piperidine rings is 1. The number of amides is 2. The van der Waals surface area contributed by atoms with E-state index in [0.717, 1.165) is 0 Å². The summed E-state index contributed by atoms with van der Waals surface area (Å²) in [6, 6.07) is 4.20. The number of aromatic amines is 1. The van der Waals surface area contributed by atoms with Crippen LogP contribution in [0.4, 0.5) is 5.69 Å². The number of hydrogen-bond donors (Lipinski definition) is 2. The Morgan fingerprint density at radius 2 is 2.00 bits per heavy atom. The van der Waals surface area contributed by atoms with Gasteiger partial charge in [0.25, 0.3) is 11.6 Å². The fourth-order valence-corrected chi connectivity index (χ4v) is 3.36. The summed E-state index contributed by atoms with van der Waals surface area (Å²) in [6.07, 6.45) is 2.26. The van der Waals surface area contributed by atoms with Gasteiger partial charge in [0.1, 0.15) is 0 Å². The molecule has 2 N–H and O–H groups in total. The molecule has 1 saturated heterocycles. The minimum absolute atomic E-state index is 0.124. The maximum atomic E-state index is 12.7. The first-order chi connectivity index (χ1) is 13.3. The van der Waals surface area contributed by atoms with E-state index in [-0.39, 0.29) is 23.7 Å². The Kier molecular flexibility index (Phi) is 5.30. The van der Waals surface area contributed by atoms with Gasteiger partial charge in [0.2, 0.25) is 5.91 Å². The number of carboxylic acids is 1. The quantitative estimate of drug-likeness (QED) is 0.588. The van der Waals surface area contributed by atoms with Crippen molar-refractivity contribution in [2.75, 3.05) is 26.7 Å². The van der Waals surface area contributed by atoms with Crippen LogP contribution in [-0.4, -0.2) is 69.3 Å². The van der Waals surface area contributed by atoms with Gasteiger partial charge in [0, 0.05) is 49.4 Å². The summed E-state index contributed by atoms with van der Waals surface area (Å²) in [5.74, 6) is -1.98. The lowest BCUT2D eigenvalue weighted by molar-refractivity contribution is -0.384. The van der Waals surface area contributed by atoms with Gasteiger partial charge in [-0.1, -0.05) is 0 Å². The van der Waals surface area contributed by atoms with Crippen molar-refractivity contribution in [1.29, 1.82) is 0 Å². The molecule has 0 unspecified atom stereocenters. The Hall–Kier alpha value is -3.43. The number of nitro benzene ring substituents is 1. The molecule has 10 heteroatoms. The molecule has 28 heavy (non-hydrogen) atoms. The van der Waals surface area contributed by atoms with Crippen LogP contribution in [0.25, 0.3) is 10.9 Å². The van der Waals surface area contributed by atoms with Gasteiger partial charge >= 0.3 is 5.97 Å². The van der Waals surface area contributed by atoms with Crippen LogP contribution in [0, 0.1) is 16.0 Å². The van der Waals surface area contributed by atoms with Crippen LogP contribution in [0.3, 0.4) is 0 Å². The van der Waals surface area contributed by atoms with Gasteiger partial charge in [-0.2, -0.15) is 0 Å². The zero-order valence-electron chi connectivity index (χ0n) is 15.3. The monoisotopic (exact) mass is 388 g/mol. The summed E-state index contributed by atoms with van der Waals surface area (Å²) in [5.41, 5.74) is 0.712. The second kappa shape index (κ2) is 7.67. The molecule has 2 amide bonds. The Morgan fingerprint density at radius 1 is 1.32 bits per heavy atom. The number of H-pyrrole nitrogens is 1. The molecule has 1 fully saturated rings. The van der Waals surface area contributed by atoms with E-state index < -0.39 is 22.7 Å². The number of benzene rings is 1. The molecule has 1 aromatic carbocycles. The van der Waals surface area contributed by atoms with Gasteiger partial charge in [-0.25, -0.2) is 0 Å². The third kappa shape index (κ3) is 3.80. The molecule has 2 aromatic rings. The summed E-state index contributed by atoms with van der Waals surface area (Å²) >= 11 is 0. The Morgan fingerprint density at radius 3 is 2.61 bits per heavy atom. The molecular weight excluding hydrogens is 368 g/mol. The average molecular weight is 388 g/mol. The van der Waals surface area contributed by atoms with Crippen molar-refractivity contribution in [3.05, 3.63) is 40.1 Å². The summed E-state index contributed by atoms with van der Waals surface area (Å²) in [7, 11) is 1.49. The maximum Gasteiger partial charge on any atom is 0.306 e. The highest BCUT2D eigenvalue weighted by Crippen LogP contribution is 2.24. The molecule has 0 atom stereocenters. The first kappa shape index (κ1) is 19.3. The molecule has 1 aliphatic rings. The maximum absolute atomic E-state index is 12.7. The normalized spacial score (nSPS) is 14.8. The molecule has 10 nitrogen and oxygen atoms in total. The van der Waals surface area contributed by atoms with Gasteiger partial charge in [-0.05, 0) is 18.9 Å². The lowest BCUT2D eigenvalue weighted by Crippen LogP contribution is -2.45. The molecule has 1 aromatic heterocycles. The van der Waals surface area contributed by atoms with Gasteiger partial charge in [0.15, 0.2) is 0 Å². The number of rotatable bonds is 5. The van der Waals surface area contributed by atoms with E-state index in [1.165, 1.54) is 36.3 Å². The Bertz CT molecular complexity index is 945. The molecule has 0 radical (unpaired) electrons. The topological polar surface area (TPSA) is 137 Å². The fraction of sp³-hybridized carbons (Fsp3) is 0.389. The molecule has 0 spiro atoms. The molecule has 0 saturated carbocycles. The number of nitro groups is 1. The van der Waals surface area contributed by atoms with E-state index >= 15 is 0 Å². The number of hydrogen-bond acceptors (Lipinski definition) is 5. The number of carboxylic acid groups (broad SMARTS) is 1. The predicted molar refractivity (Wildman–Crippen MR) is 98.9 cm³/mol. The van der Waals surface area contributed by atoms with Crippen LogP contribution in [0.15, 0.2) is 24.4 Å². The second-order valence-corrected chi connectivity index (χ2v) is 6.84. The van der Waals surface area contributed by atoms with Crippen molar-refractivity contribution in [2.45, 2.75) is 12.8 Å². The van der Waals surface area contributed by atoms with Crippen LogP contribution < -0.4 is 0 Å². The number of likely N-dealkylation sites (tertiary alicyclic amines) is 1. The van der Waals surface area contributed by atoms with Crippen molar-refractivity contribution in [1.82, 2.24) is 14.8 Å². The van der Waals surface area contributed by atoms with Crippen molar-refractivity contribution >= 4 is 34.4 Å². The summed E-state index contributed by atoms with van der Waals surface area (Å²) in [5, 5.41) is 20.4. The number of aliphatic carboxylic acids is 1. The molecule has 1 aliphatic heterocycles. The standard InChI is InChI=1S/C18H20N4O6/c1-20(10-16(23)21-6-4-11(5-7-21)18(25)26)17(24)14-9-19-15-3-2-12(22(27)28)8-13(14)15/h2-3,8-9,11,19H,4-7,10H2,1H3,(H,25,26). The van der Waals surface area contributed by atoms with E-state index in [1.807, 2.05) is 0 Å². The number of nitrogens with zero attached hydrogens (tertiary/aromatic N) is 3. The summed E-state index contributed by atoms with van der Waals surface area (Å²) in [4.78, 5) is 52.4. The SMILES string of the molecule is CN(CC(=O)N1CCC(C(=O)O)CC1)C(=O)c1c[nH]c2ccc([N+](=O)[O-])cc12. The lowest BCUT2D eigenvalue weighted by atomic mass is 9.97. The lowest BCUT2D eigenvalue weighted by Gasteiger charge is -2.31. The van der Waals surface area contributed by atoms with Crippen LogP contribution in [0.2, 0.25) is 0 Å². The third-order valence-corrected chi connectivity index (χ3v) is 5.02. The molecule has 3 rings (SSSR count). The van der Waals surface area contributed by atoms with Gasteiger partial charge in [-0.3, -0.25) is 24.5 Å². The highest BCUT2D eigenvalue weighted by molar-refractivity contribution is 6.07. The zero-order chi connectivity index (χ0) is 20.4. The number of fused-ring (bicyclic) bond motifs is 1. The number of carbonyl (C=O) groups excluding carboxylic acids is 2. The highest BCUT2D eigenvalue weighted by Gasteiger charge is 2.28. The molecule has 148 valence electrons. The van der Waals surface area contributed by atoms with Crippen molar-refractivity contribution in [3.63, 3.8) is 0 Å². The Labute approximate surface area is 159 Å². The van der Waals surface area contributed by atoms with E-state index in [0.29, 0.717) is 36.8 Å². The summed E-state index contributed by atoms with van der Waals surface area (Å²) in [6.45, 7) is 0.534. The van der Waals surface area contributed by atoms with E-state index in [2.05, 4.69) is 4.98 Å². The first-order valence-electron chi connectivity index (χ1n) is 8.79. The largest absolute Gasteiger partial charge is 0.481 e. The Balaban J connectivity index is 1.68. The van der Waals surface area contributed by atoms with Gasteiger partial charge < -0.3 is 19.9 Å². The smallest absolute Gasteiger partial charge is 0.306 e. The highest BCUT2D eigenvalue weighted by atomic mass is 16.6. The second-order valence-electron chi connectivity index (χ2n) is 6.84. The number of likely N-dealkylation sites (N-methyl/N-ethyl adjacent to an activating group) is 1. The zero-order valence-corrected chi connectivity index (χ0v) is 15.3. The molecule has 0 bridgehead atoms. The van der Waals surface area contributed by atoms with E-state index in [4.69, 9.17) is 5.11 Å². The molecule has 0 aliphatic carbocycles. The first-order valence-corrected chi connectivity index (χ1v) is 8.79. The number of aromatic nitrogens is 1. The van der Waals surface area contributed by atoms with Gasteiger partial charge in [0.05, 0.1) is 22.9 Å². The van der Waals surface area contributed by atoms with Crippen LogP contribution >= 0.6 is 0 Å². The number of carbonyl (C=O) groups is 3. The third-order valence-electron chi connectivity index (χ3n) is 5.02. The van der Waals surface area contributed by atoms with Crippen LogP contribution in [0.5, 0.6) is 0 Å². The predicted octanol–water partition coefficient (Wildman–Crippen LogP) is 1.47. The fourth-order valence-electron chi connectivity index (χ4n) is 3.36. The van der Waals surface area contributed by atoms with Crippen LogP contribution in [0.1, 0.15) is 23.2 Å². The number of nitrogens with one attached hydrogen (secondary N) is 1. The number of non-ortho nitro benzene ring substituents is 1. The van der Waals surface area contributed by atoms with E-state index in [9.17, 15) is 24.5 Å². The van der Waals surface area contributed by atoms with E-state index in [1.54, 1.807) is 4.90 Å². The average Bonchev–Trinajstić information content (AvgIpc) is 3.10. The van der Waals surface area contributed by atoms with Crippen molar-refractivity contribution in [3.8, 4) is 0 Å². The minimum atomic E-state index is -0.854. The molecular formula is C18H20N4O6. The van der Waals surface area contributed by atoms with Crippen molar-refractivity contribution in [2.24, 2.45) is 5.92 Å². The molecule has 2 heterocycles. The minimum Gasteiger partial charge on any atom is -0.481 e. The van der Waals surface area contributed by atoms with Gasteiger partial charge in [-0.15, -0.1) is 0 Å². The van der Waals surface area contributed by atoms with Crippen LogP contribution in [-0.2, 0) is 9.59 Å².